The maximum atomic E-state index is 13.5. The van der Waals surface area contributed by atoms with Crippen LogP contribution in [0.15, 0.2) is 18.2 Å². The van der Waals surface area contributed by atoms with Crippen LogP contribution in [-0.4, -0.2) is 9.78 Å². The molecular weight excluding hydrogens is 241 g/mol. The Morgan fingerprint density at radius 3 is 2.71 bits per heavy atom. The topological polar surface area (TPSA) is 41.6 Å². The molecular formula is C12H9ClFN3. The normalized spacial score (nSPS) is 10.3. The highest BCUT2D eigenvalue weighted by atomic mass is 35.5. The standard InChI is InChI=1S/C12H9ClFN3/c1-7-3-10(13)9(5-11(7)14)12-4-8(6-15)16-17(12)2/h3-5H,1-2H3. The van der Waals surface area contributed by atoms with Crippen LogP contribution in [0.2, 0.25) is 5.02 Å². The lowest BCUT2D eigenvalue weighted by Gasteiger charge is -2.06. The van der Waals surface area contributed by atoms with Crippen LogP contribution >= 0.6 is 11.6 Å². The van der Waals surface area contributed by atoms with Crippen LogP contribution in [0.5, 0.6) is 0 Å². The van der Waals surface area contributed by atoms with Crippen LogP contribution in [0.1, 0.15) is 11.3 Å². The van der Waals surface area contributed by atoms with E-state index >= 15 is 0 Å². The van der Waals surface area contributed by atoms with Crippen molar-refractivity contribution in [3.63, 3.8) is 0 Å². The molecule has 0 unspecified atom stereocenters. The maximum absolute atomic E-state index is 13.5. The van der Waals surface area contributed by atoms with E-state index in [0.717, 1.165) is 0 Å². The Labute approximate surface area is 103 Å². The van der Waals surface area contributed by atoms with Gasteiger partial charge in [-0.2, -0.15) is 10.4 Å². The third-order valence-corrected chi connectivity index (χ3v) is 2.83. The van der Waals surface area contributed by atoms with E-state index < -0.39 is 0 Å². The van der Waals surface area contributed by atoms with Gasteiger partial charge in [0.2, 0.25) is 0 Å². The van der Waals surface area contributed by atoms with E-state index in [4.69, 9.17) is 16.9 Å². The summed E-state index contributed by atoms with van der Waals surface area (Å²) in [6.45, 7) is 1.65. The fourth-order valence-electron chi connectivity index (χ4n) is 1.62. The first-order valence-corrected chi connectivity index (χ1v) is 5.31. The van der Waals surface area contributed by atoms with Gasteiger partial charge in [-0.25, -0.2) is 4.39 Å². The Kier molecular flexibility index (Phi) is 2.86. The van der Waals surface area contributed by atoms with Gasteiger partial charge in [0.15, 0.2) is 5.69 Å². The van der Waals surface area contributed by atoms with Gasteiger partial charge in [0.05, 0.1) is 10.7 Å². The molecule has 0 radical (unpaired) electrons. The number of aryl methyl sites for hydroxylation is 2. The molecule has 0 N–H and O–H groups in total. The summed E-state index contributed by atoms with van der Waals surface area (Å²) in [5, 5.41) is 13.2. The van der Waals surface area contributed by atoms with Gasteiger partial charge in [0, 0.05) is 18.7 Å². The molecule has 0 fully saturated rings. The molecule has 2 aromatic rings. The number of halogens is 2. The zero-order valence-corrected chi connectivity index (χ0v) is 10.1. The summed E-state index contributed by atoms with van der Waals surface area (Å²) in [5.41, 5.74) is 1.91. The minimum Gasteiger partial charge on any atom is -0.267 e. The van der Waals surface area contributed by atoms with Crippen molar-refractivity contribution in [1.82, 2.24) is 9.78 Å². The summed E-state index contributed by atoms with van der Waals surface area (Å²) in [6.07, 6.45) is 0. The van der Waals surface area contributed by atoms with Crippen LogP contribution < -0.4 is 0 Å². The second kappa shape index (κ2) is 4.19. The van der Waals surface area contributed by atoms with E-state index in [1.807, 2.05) is 6.07 Å². The number of nitriles is 1. The molecule has 0 amide bonds. The summed E-state index contributed by atoms with van der Waals surface area (Å²) < 4.78 is 15.0. The summed E-state index contributed by atoms with van der Waals surface area (Å²) in [5.74, 6) is -0.330. The van der Waals surface area contributed by atoms with Gasteiger partial charge in [-0.3, -0.25) is 4.68 Å². The van der Waals surface area contributed by atoms with Crippen LogP contribution in [0.4, 0.5) is 4.39 Å². The van der Waals surface area contributed by atoms with Gasteiger partial charge in [0.25, 0.3) is 0 Å². The average molecular weight is 250 g/mol. The number of rotatable bonds is 1. The fraction of sp³-hybridized carbons (Fsp3) is 0.167. The van der Waals surface area contributed by atoms with Crippen molar-refractivity contribution in [3.05, 3.63) is 40.3 Å². The van der Waals surface area contributed by atoms with E-state index in [-0.39, 0.29) is 11.5 Å². The van der Waals surface area contributed by atoms with Crippen LogP contribution in [0.3, 0.4) is 0 Å². The molecule has 86 valence electrons. The van der Waals surface area contributed by atoms with Gasteiger partial charge < -0.3 is 0 Å². The van der Waals surface area contributed by atoms with Crippen molar-refractivity contribution < 1.29 is 4.39 Å². The molecule has 5 heteroatoms. The van der Waals surface area contributed by atoms with Gasteiger partial charge >= 0.3 is 0 Å². The van der Waals surface area contributed by atoms with Gasteiger partial charge in [-0.1, -0.05) is 11.6 Å². The number of benzene rings is 1. The quantitative estimate of drug-likeness (QED) is 0.779. The predicted octanol–water partition coefficient (Wildman–Crippen LogP) is 3.06. The van der Waals surface area contributed by atoms with Gasteiger partial charge in [0.1, 0.15) is 11.9 Å². The zero-order valence-electron chi connectivity index (χ0n) is 9.33. The molecule has 17 heavy (non-hydrogen) atoms. The third kappa shape index (κ3) is 2.02. The lowest BCUT2D eigenvalue weighted by atomic mass is 10.1. The molecule has 0 spiro atoms. The minimum atomic E-state index is -0.330. The Hall–Kier alpha value is -1.86. The van der Waals surface area contributed by atoms with Gasteiger partial charge in [-0.15, -0.1) is 0 Å². The van der Waals surface area contributed by atoms with E-state index in [0.29, 0.717) is 21.8 Å². The maximum Gasteiger partial charge on any atom is 0.163 e. The molecule has 2 rings (SSSR count). The van der Waals surface area contributed by atoms with Crippen LogP contribution in [0.25, 0.3) is 11.3 Å². The minimum absolute atomic E-state index is 0.277. The predicted molar refractivity (Wildman–Crippen MR) is 63.1 cm³/mol. The lowest BCUT2D eigenvalue weighted by molar-refractivity contribution is 0.618. The number of hydrogen-bond donors (Lipinski definition) is 0. The zero-order chi connectivity index (χ0) is 12.6. The average Bonchev–Trinajstić information content (AvgIpc) is 2.65. The Morgan fingerprint density at radius 1 is 1.41 bits per heavy atom. The fourth-order valence-corrected chi connectivity index (χ4v) is 1.93. The van der Waals surface area contributed by atoms with Crippen LogP contribution in [0, 0.1) is 24.1 Å². The SMILES string of the molecule is Cc1cc(Cl)c(-c2cc(C#N)nn2C)cc1F. The van der Waals surface area contributed by atoms with E-state index in [1.54, 1.807) is 26.1 Å². The molecule has 0 aliphatic rings. The molecule has 1 aromatic heterocycles. The Balaban J connectivity index is 2.64. The lowest BCUT2D eigenvalue weighted by Crippen LogP contribution is -1.95. The highest BCUT2D eigenvalue weighted by Gasteiger charge is 2.13. The van der Waals surface area contributed by atoms with E-state index in [1.165, 1.54) is 10.7 Å². The van der Waals surface area contributed by atoms with E-state index in [9.17, 15) is 4.39 Å². The first-order chi connectivity index (χ1) is 8.02. The molecule has 0 atom stereocenters. The second-order valence-electron chi connectivity index (χ2n) is 3.73. The number of hydrogen-bond acceptors (Lipinski definition) is 2. The van der Waals surface area contributed by atoms with Crippen molar-refractivity contribution in [3.8, 4) is 17.3 Å². The summed E-state index contributed by atoms with van der Waals surface area (Å²) in [7, 11) is 1.68. The Bertz CT molecular complexity index is 625. The van der Waals surface area contributed by atoms with E-state index in [2.05, 4.69) is 5.10 Å². The summed E-state index contributed by atoms with van der Waals surface area (Å²) in [4.78, 5) is 0. The molecule has 1 heterocycles. The van der Waals surface area contributed by atoms with Crippen molar-refractivity contribution in [2.24, 2.45) is 7.05 Å². The number of aromatic nitrogens is 2. The summed E-state index contributed by atoms with van der Waals surface area (Å²) in [6, 6.07) is 6.43. The number of nitrogens with zero attached hydrogens (tertiary/aromatic N) is 3. The second-order valence-corrected chi connectivity index (χ2v) is 4.14. The molecule has 0 saturated carbocycles. The van der Waals surface area contributed by atoms with Crippen molar-refractivity contribution >= 4 is 11.6 Å². The largest absolute Gasteiger partial charge is 0.267 e. The van der Waals surface area contributed by atoms with Crippen molar-refractivity contribution in [2.75, 3.05) is 0 Å². The first-order valence-electron chi connectivity index (χ1n) is 4.93. The molecule has 1 aromatic carbocycles. The smallest absolute Gasteiger partial charge is 0.163 e. The molecule has 0 saturated heterocycles. The third-order valence-electron chi connectivity index (χ3n) is 2.52. The highest BCUT2D eigenvalue weighted by Crippen LogP contribution is 2.30. The molecule has 0 aliphatic carbocycles. The Morgan fingerprint density at radius 2 is 2.12 bits per heavy atom. The van der Waals surface area contributed by atoms with Crippen molar-refractivity contribution in [1.29, 1.82) is 5.26 Å². The van der Waals surface area contributed by atoms with Gasteiger partial charge in [-0.05, 0) is 24.6 Å². The molecule has 0 aliphatic heterocycles. The molecule has 0 bridgehead atoms. The van der Waals surface area contributed by atoms with Crippen LogP contribution in [-0.2, 0) is 7.05 Å². The highest BCUT2D eigenvalue weighted by molar-refractivity contribution is 6.33. The molecule has 3 nitrogen and oxygen atoms in total. The monoisotopic (exact) mass is 249 g/mol. The van der Waals surface area contributed by atoms with Crippen molar-refractivity contribution in [2.45, 2.75) is 6.92 Å². The summed E-state index contributed by atoms with van der Waals surface area (Å²) >= 11 is 6.07. The first kappa shape index (κ1) is 11.6.